The Hall–Kier alpha value is -1.31. The predicted octanol–water partition coefficient (Wildman–Crippen LogP) is 2.66. The Labute approximate surface area is 91.7 Å². The molecule has 0 aliphatic heterocycles. The first-order valence-electron chi connectivity index (χ1n) is 5.41. The summed E-state index contributed by atoms with van der Waals surface area (Å²) in [6.07, 6.45) is 0.603. The Kier molecular flexibility index (Phi) is 4.35. The van der Waals surface area contributed by atoms with Gasteiger partial charge in [-0.3, -0.25) is 4.79 Å². The molecule has 0 aliphatic rings. The number of rotatable bonds is 4. The molecule has 0 spiro atoms. The van der Waals surface area contributed by atoms with Crippen molar-refractivity contribution in [3.63, 3.8) is 0 Å². The molecule has 0 saturated heterocycles. The van der Waals surface area contributed by atoms with Crippen LogP contribution in [-0.4, -0.2) is 5.91 Å². The number of carbonyl (C=O) groups excluding carboxylic acids is 1. The van der Waals surface area contributed by atoms with E-state index in [0.29, 0.717) is 18.9 Å². The monoisotopic (exact) mass is 205 g/mol. The van der Waals surface area contributed by atoms with Crippen LogP contribution < -0.4 is 5.32 Å². The van der Waals surface area contributed by atoms with E-state index in [0.717, 1.165) is 0 Å². The molecule has 1 aromatic carbocycles. The molecule has 15 heavy (non-hydrogen) atoms. The zero-order valence-corrected chi connectivity index (χ0v) is 9.71. The van der Waals surface area contributed by atoms with Gasteiger partial charge in [0.15, 0.2) is 0 Å². The molecule has 0 saturated carbocycles. The first-order chi connectivity index (χ1) is 7.09. The van der Waals surface area contributed by atoms with Crippen LogP contribution in [0.5, 0.6) is 0 Å². The van der Waals surface area contributed by atoms with E-state index < -0.39 is 0 Å². The van der Waals surface area contributed by atoms with Gasteiger partial charge in [0.25, 0.3) is 0 Å². The van der Waals surface area contributed by atoms with Crippen LogP contribution in [0.2, 0.25) is 0 Å². The van der Waals surface area contributed by atoms with E-state index in [1.807, 2.05) is 32.0 Å². The van der Waals surface area contributed by atoms with Gasteiger partial charge < -0.3 is 5.32 Å². The number of nitrogens with one attached hydrogen (secondary N) is 1. The van der Waals surface area contributed by atoms with Crippen LogP contribution in [0.4, 0.5) is 0 Å². The van der Waals surface area contributed by atoms with E-state index in [9.17, 15) is 4.79 Å². The second kappa shape index (κ2) is 5.54. The van der Waals surface area contributed by atoms with Crippen molar-refractivity contribution in [3.8, 4) is 0 Å². The maximum Gasteiger partial charge on any atom is 0.220 e. The van der Waals surface area contributed by atoms with Crippen LogP contribution in [0, 0.1) is 12.8 Å². The minimum absolute atomic E-state index is 0.133. The summed E-state index contributed by atoms with van der Waals surface area (Å²) in [5.41, 5.74) is 2.41. The molecule has 0 heterocycles. The first kappa shape index (κ1) is 11.8. The number of hydrogen-bond acceptors (Lipinski definition) is 1. The lowest BCUT2D eigenvalue weighted by molar-refractivity contribution is -0.121. The van der Waals surface area contributed by atoms with Gasteiger partial charge in [-0.15, -0.1) is 0 Å². The van der Waals surface area contributed by atoms with Crippen LogP contribution in [0.3, 0.4) is 0 Å². The van der Waals surface area contributed by atoms with Gasteiger partial charge in [0, 0.05) is 13.0 Å². The van der Waals surface area contributed by atoms with Crippen molar-refractivity contribution in [1.29, 1.82) is 0 Å². The average molecular weight is 205 g/mol. The maximum absolute atomic E-state index is 11.4. The van der Waals surface area contributed by atoms with Gasteiger partial charge in [-0.1, -0.05) is 38.1 Å². The smallest absolute Gasteiger partial charge is 0.220 e. The minimum atomic E-state index is 0.133. The van der Waals surface area contributed by atoms with E-state index in [2.05, 4.69) is 18.3 Å². The second-order valence-corrected chi connectivity index (χ2v) is 4.30. The highest BCUT2D eigenvalue weighted by molar-refractivity contribution is 5.76. The number of aryl methyl sites for hydroxylation is 1. The molecule has 82 valence electrons. The summed E-state index contributed by atoms with van der Waals surface area (Å²) in [6, 6.07) is 8.11. The van der Waals surface area contributed by atoms with Gasteiger partial charge >= 0.3 is 0 Å². The molecule has 2 nitrogen and oxygen atoms in total. The summed E-state index contributed by atoms with van der Waals surface area (Å²) in [5.74, 6) is 0.551. The summed E-state index contributed by atoms with van der Waals surface area (Å²) >= 11 is 0. The molecular weight excluding hydrogens is 186 g/mol. The van der Waals surface area contributed by atoms with Crippen LogP contribution in [0.25, 0.3) is 0 Å². The van der Waals surface area contributed by atoms with Crippen molar-refractivity contribution in [1.82, 2.24) is 5.32 Å². The third-order valence-corrected chi connectivity index (χ3v) is 2.33. The van der Waals surface area contributed by atoms with Gasteiger partial charge in [0.05, 0.1) is 0 Å². The Morgan fingerprint density at radius 2 is 2.00 bits per heavy atom. The Balaban J connectivity index is 2.44. The molecule has 0 fully saturated rings. The molecule has 1 N–H and O–H groups in total. The van der Waals surface area contributed by atoms with Gasteiger partial charge in [-0.25, -0.2) is 0 Å². The number of benzene rings is 1. The fourth-order valence-electron chi connectivity index (χ4n) is 1.45. The molecule has 0 atom stereocenters. The highest BCUT2D eigenvalue weighted by atomic mass is 16.1. The number of hydrogen-bond donors (Lipinski definition) is 1. The zero-order chi connectivity index (χ0) is 11.3. The number of carbonyl (C=O) groups is 1. The van der Waals surface area contributed by atoms with Crippen molar-refractivity contribution in [3.05, 3.63) is 35.4 Å². The van der Waals surface area contributed by atoms with E-state index >= 15 is 0 Å². The summed E-state index contributed by atoms with van der Waals surface area (Å²) in [7, 11) is 0. The van der Waals surface area contributed by atoms with Crippen LogP contribution in [0.15, 0.2) is 24.3 Å². The molecule has 0 bridgehead atoms. The van der Waals surface area contributed by atoms with Crippen molar-refractivity contribution >= 4 is 5.91 Å². The Morgan fingerprint density at radius 1 is 1.33 bits per heavy atom. The van der Waals surface area contributed by atoms with Gasteiger partial charge in [-0.2, -0.15) is 0 Å². The Morgan fingerprint density at radius 3 is 2.60 bits per heavy atom. The van der Waals surface area contributed by atoms with Crippen LogP contribution in [0.1, 0.15) is 31.4 Å². The molecule has 0 aliphatic carbocycles. The van der Waals surface area contributed by atoms with Crippen LogP contribution in [-0.2, 0) is 11.3 Å². The third-order valence-electron chi connectivity index (χ3n) is 2.33. The lowest BCUT2D eigenvalue weighted by Gasteiger charge is -2.08. The molecule has 1 amide bonds. The van der Waals surface area contributed by atoms with E-state index in [-0.39, 0.29) is 5.91 Å². The summed E-state index contributed by atoms with van der Waals surface area (Å²) < 4.78 is 0. The summed E-state index contributed by atoms with van der Waals surface area (Å²) in [4.78, 5) is 11.4. The quantitative estimate of drug-likeness (QED) is 0.804. The molecule has 0 radical (unpaired) electrons. The summed E-state index contributed by atoms with van der Waals surface area (Å²) in [6.45, 7) is 6.79. The highest BCUT2D eigenvalue weighted by Crippen LogP contribution is 2.06. The molecule has 2 heteroatoms. The predicted molar refractivity (Wildman–Crippen MR) is 62.5 cm³/mol. The molecule has 0 aromatic heterocycles. The van der Waals surface area contributed by atoms with E-state index in [4.69, 9.17) is 0 Å². The lowest BCUT2D eigenvalue weighted by Crippen LogP contribution is -2.24. The van der Waals surface area contributed by atoms with Crippen molar-refractivity contribution < 1.29 is 4.79 Å². The van der Waals surface area contributed by atoms with Crippen molar-refractivity contribution in [2.24, 2.45) is 5.92 Å². The van der Waals surface area contributed by atoms with Gasteiger partial charge in [-0.05, 0) is 24.0 Å². The Bertz CT molecular complexity index is 331. The molecular formula is C13H19NO. The second-order valence-electron chi connectivity index (χ2n) is 4.30. The maximum atomic E-state index is 11.4. The van der Waals surface area contributed by atoms with E-state index in [1.165, 1.54) is 11.1 Å². The fraction of sp³-hybridized carbons (Fsp3) is 0.462. The van der Waals surface area contributed by atoms with Crippen molar-refractivity contribution in [2.45, 2.75) is 33.7 Å². The van der Waals surface area contributed by atoms with Crippen molar-refractivity contribution in [2.75, 3.05) is 0 Å². The van der Waals surface area contributed by atoms with Gasteiger partial charge in [0.2, 0.25) is 5.91 Å². The zero-order valence-electron chi connectivity index (χ0n) is 9.71. The van der Waals surface area contributed by atoms with Crippen LogP contribution >= 0.6 is 0 Å². The lowest BCUT2D eigenvalue weighted by atomic mass is 10.1. The molecule has 1 aromatic rings. The summed E-state index contributed by atoms with van der Waals surface area (Å²) in [5, 5.41) is 2.93. The minimum Gasteiger partial charge on any atom is -0.352 e. The normalized spacial score (nSPS) is 10.4. The first-order valence-corrected chi connectivity index (χ1v) is 5.41. The largest absolute Gasteiger partial charge is 0.352 e. The molecule has 0 unspecified atom stereocenters. The number of amides is 1. The topological polar surface area (TPSA) is 29.1 Å². The van der Waals surface area contributed by atoms with Gasteiger partial charge in [0.1, 0.15) is 0 Å². The standard InChI is InChI=1S/C13H19NO/c1-10(2)8-13(15)14-9-12-7-5-4-6-11(12)3/h4-7,10H,8-9H2,1-3H3,(H,14,15). The highest BCUT2D eigenvalue weighted by Gasteiger charge is 2.04. The third kappa shape index (κ3) is 4.15. The average Bonchev–Trinajstić information content (AvgIpc) is 2.15. The molecule has 1 rings (SSSR count). The SMILES string of the molecule is Cc1ccccc1CNC(=O)CC(C)C. The fourth-order valence-corrected chi connectivity index (χ4v) is 1.45. The van der Waals surface area contributed by atoms with E-state index in [1.54, 1.807) is 0 Å².